The van der Waals surface area contributed by atoms with Gasteiger partial charge in [0.05, 0.1) is 31.1 Å². The molecule has 0 bridgehead atoms. The molecule has 0 atom stereocenters. The molecule has 10 N–H and O–H groups in total. The molecule has 3 aromatic carbocycles. The Bertz CT molecular complexity index is 2600. The summed E-state index contributed by atoms with van der Waals surface area (Å²) in [5.74, 6) is -1.32. The average molecular weight is 1080 g/mol. The quantitative estimate of drug-likeness (QED) is 0.0230. The van der Waals surface area contributed by atoms with E-state index in [-0.39, 0.29) is 80.9 Å². The lowest BCUT2D eigenvalue weighted by Gasteiger charge is -2.37. The molecule has 0 radical (unpaired) electrons. The summed E-state index contributed by atoms with van der Waals surface area (Å²) in [6, 6.07) is 22.4. The van der Waals surface area contributed by atoms with Crippen LogP contribution in [0, 0.1) is 0 Å². The van der Waals surface area contributed by atoms with E-state index >= 15 is 0 Å². The fraction of sp³-hybridized carbons (Fsp3) is 0.429. The molecule has 0 aliphatic carbocycles. The largest absolute Gasteiger partial charge is 0.414 e. The highest BCUT2D eigenvalue weighted by molar-refractivity contribution is 7.53. The third-order valence-corrected chi connectivity index (χ3v) is 14.1. The van der Waals surface area contributed by atoms with Crippen molar-refractivity contribution in [1.82, 2.24) is 29.8 Å². The lowest BCUT2D eigenvalue weighted by atomic mass is 10.0. The highest BCUT2D eigenvalue weighted by Crippen LogP contribution is 2.42. The van der Waals surface area contributed by atoms with Crippen molar-refractivity contribution in [3.63, 3.8) is 0 Å². The van der Waals surface area contributed by atoms with Crippen LogP contribution in [0.25, 0.3) is 22.1 Å². The Morgan fingerprint density at radius 3 is 1.75 bits per heavy atom. The van der Waals surface area contributed by atoms with Gasteiger partial charge in [0, 0.05) is 63.4 Å². The van der Waals surface area contributed by atoms with E-state index in [0.29, 0.717) is 48.7 Å². The molecule has 71 heavy (non-hydrogen) atoms. The SMILES string of the molecule is O=C(CCC(=O)OC[N+]1(c2cc(=O)c3cccc(-c4ccccc4)c3o2)CCOCC1)NCc1ccc(C(=O)NCCN(CCN(CP(=O)(O)O)CP(=O)(O)O)CCN(CP(=O)(O)O)CP(=O)(O)O)cc1. The van der Waals surface area contributed by atoms with Gasteiger partial charge in [-0.05, 0) is 29.3 Å². The van der Waals surface area contributed by atoms with Gasteiger partial charge in [-0.1, -0.05) is 54.6 Å². The first kappa shape index (κ1) is 57.6. The van der Waals surface area contributed by atoms with Gasteiger partial charge in [0.1, 0.15) is 38.2 Å². The maximum atomic E-state index is 13.4. The van der Waals surface area contributed by atoms with E-state index in [2.05, 4.69) is 10.6 Å². The number of benzene rings is 3. The number of quaternary nitrogens is 1. The second-order valence-corrected chi connectivity index (χ2v) is 23.4. The van der Waals surface area contributed by atoms with E-state index in [1.54, 1.807) is 24.3 Å². The Balaban J connectivity index is 1.12. The first-order valence-electron chi connectivity index (χ1n) is 22.0. The molecular weight excluding hydrogens is 1020 g/mol. The van der Waals surface area contributed by atoms with Crippen molar-refractivity contribution in [2.45, 2.75) is 19.4 Å². The predicted molar refractivity (Wildman–Crippen MR) is 259 cm³/mol. The van der Waals surface area contributed by atoms with E-state index in [1.807, 2.05) is 36.4 Å². The third-order valence-electron chi connectivity index (χ3n) is 11.1. The second kappa shape index (κ2) is 25.6. The zero-order valence-corrected chi connectivity index (χ0v) is 42.0. The van der Waals surface area contributed by atoms with Crippen LogP contribution in [0.1, 0.15) is 28.8 Å². The maximum absolute atomic E-state index is 13.4. The Morgan fingerprint density at radius 1 is 0.648 bits per heavy atom. The summed E-state index contributed by atoms with van der Waals surface area (Å²) in [6.07, 6.45) is -4.47. The van der Waals surface area contributed by atoms with Gasteiger partial charge < -0.3 is 63.7 Å². The van der Waals surface area contributed by atoms with Crippen molar-refractivity contribution in [1.29, 1.82) is 0 Å². The van der Waals surface area contributed by atoms with Crippen LogP contribution in [0.5, 0.6) is 0 Å². The molecule has 1 saturated heterocycles. The molecule has 4 aromatic rings. The Labute approximate surface area is 407 Å². The third kappa shape index (κ3) is 19.9. The first-order chi connectivity index (χ1) is 33.3. The number of nitrogens with one attached hydrogen (secondary N) is 2. The standard InChI is InChI=1S/C42H58N6O19P4/c49-37-25-39(67-41-35(7-4-8-36(37)41)33-5-2-1-3-6-33)48(21-23-65-24-22-48)31-66-40(51)14-13-38(50)44-26-32-9-11-34(12-10-32)42(52)43-15-16-45(17-19-46(27-68(53,54)55)28-69(56,57)58)18-20-47(29-70(59,60)61)30-71(62,63)64/h1-12,25H,13-24,26-31H2,(H9-,43,44,50,52,53,54,55,56,57,58,59,60,61,62,63,64)/p+1. The summed E-state index contributed by atoms with van der Waals surface area (Å²) in [5, 5.41) is 5.80. The van der Waals surface area contributed by atoms with Crippen molar-refractivity contribution in [2.24, 2.45) is 0 Å². The van der Waals surface area contributed by atoms with Crippen LogP contribution in [0.2, 0.25) is 0 Å². The van der Waals surface area contributed by atoms with Crippen molar-refractivity contribution >= 4 is 65.0 Å². The predicted octanol–water partition coefficient (Wildman–Crippen LogP) is 1.57. The molecule has 5 rings (SSSR count). The van der Waals surface area contributed by atoms with E-state index in [1.165, 1.54) is 23.1 Å². The van der Waals surface area contributed by atoms with Crippen molar-refractivity contribution < 1.29 is 85.7 Å². The van der Waals surface area contributed by atoms with Crippen LogP contribution in [-0.2, 0) is 43.9 Å². The van der Waals surface area contributed by atoms with Gasteiger partial charge in [-0.25, -0.2) is 4.48 Å². The summed E-state index contributed by atoms with van der Waals surface area (Å²) in [4.78, 5) is 131. The highest BCUT2D eigenvalue weighted by Gasteiger charge is 2.38. The van der Waals surface area contributed by atoms with Gasteiger partial charge in [0.15, 0.2) is 11.0 Å². The molecule has 0 saturated carbocycles. The minimum absolute atomic E-state index is 0.0121. The normalized spacial score (nSPS) is 14.5. The molecule has 1 aliphatic rings. The topological polar surface area (TPSA) is 364 Å². The number of esters is 1. The lowest BCUT2D eigenvalue weighted by molar-refractivity contribution is -0.151. The molecular formula is C42H59N6O19P4+. The summed E-state index contributed by atoms with van der Waals surface area (Å²) in [5.41, 5.74) is 2.58. The van der Waals surface area contributed by atoms with Crippen LogP contribution in [0.4, 0.5) is 5.88 Å². The van der Waals surface area contributed by atoms with Gasteiger partial charge in [-0.15, -0.1) is 0 Å². The Morgan fingerprint density at radius 2 is 1.20 bits per heavy atom. The fourth-order valence-electron chi connectivity index (χ4n) is 7.64. The monoisotopic (exact) mass is 1080 g/mol. The average Bonchev–Trinajstić information content (AvgIpc) is 3.28. The van der Waals surface area contributed by atoms with Crippen LogP contribution in [0.15, 0.2) is 88.1 Å². The molecule has 2 heterocycles. The fourth-order valence-corrected chi connectivity index (χ4v) is 11.0. The number of amides is 2. The van der Waals surface area contributed by atoms with Crippen LogP contribution in [-0.4, -0.2) is 169 Å². The summed E-state index contributed by atoms with van der Waals surface area (Å²) in [7, 11) is -19.2. The van der Waals surface area contributed by atoms with Gasteiger partial charge >= 0.3 is 42.2 Å². The molecule has 0 unspecified atom stereocenters. The molecule has 25 nitrogen and oxygen atoms in total. The molecule has 1 aliphatic heterocycles. The Hall–Kier alpha value is -4.32. The van der Waals surface area contributed by atoms with E-state index in [4.69, 9.17) is 13.9 Å². The summed E-state index contributed by atoms with van der Waals surface area (Å²) < 4.78 is 64.5. The highest BCUT2D eigenvalue weighted by atomic mass is 31.2. The van der Waals surface area contributed by atoms with E-state index < -0.39 is 73.3 Å². The van der Waals surface area contributed by atoms with Gasteiger partial charge in [-0.3, -0.25) is 52.1 Å². The number of hydrogen-bond acceptors (Lipinski definition) is 14. The molecule has 1 aromatic heterocycles. The Kier molecular flexibility index (Phi) is 20.7. The number of fused-ring (bicyclic) bond motifs is 1. The number of hydrogen-bond donors (Lipinski definition) is 10. The number of carbonyl (C=O) groups excluding carboxylic acids is 3. The molecule has 390 valence electrons. The molecule has 1 fully saturated rings. The van der Waals surface area contributed by atoms with Gasteiger partial charge in [0.2, 0.25) is 12.6 Å². The van der Waals surface area contributed by atoms with Crippen molar-refractivity contribution in [3.05, 3.63) is 100 Å². The van der Waals surface area contributed by atoms with Gasteiger partial charge in [0.25, 0.3) is 5.91 Å². The minimum Gasteiger partial charge on any atom is -0.414 e. The number of ether oxygens (including phenoxy) is 2. The molecule has 2 amide bonds. The summed E-state index contributed by atoms with van der Waals surface area (Å²) >= 11 is 0. The molecule has 29 heteroatoms. The number of nitrogens with zero attached hydrogens (tertiary/aromatic N) is 4. The molecule has 0 spiro atoms. The first-order valence-corrected chi connectivity index (χ1v) is 29.2. The number of carbonyl (C=O) groups is 3. The van der Waals surface area contributed by atoms with Crippen LogP contribution in [0.3, 0.4) is 0 Å². The van der Waals surface area contributed by atoms with Gasteiger partial charge in [-0.2, -0.15) is 0 Å². The zero-order valence-electron chi connectivity index (χ0n) is 38.4. The second-order valence-electron chi connectivity index (χ2n) is 16.9. The number of morpholine rings is 1. The smallest absolute Gasteiger partial charge is 0.339 e. The van der Waals surface area contributed by atoms with Crippen molar-refractivity contribution in [3.8, 4) is 11.1 Å². The van der Waals surface area contributed by atoms with Crippen LogP contribution >= 0.6 is 30.4 Å². The number of rotatable bonds is 27. The lowest BCUT2D eigenvalue weighted by Crippen LogP contribution is -2.58. The minimum atomic E-state index is -4.79. The van der Waals surface area contributed by atoms with E-state index in [0.717, 1.165) is 20.9 Å². The van der Waals surface area contributed by atoms with E-state index in [9.17, 15) is 76.6 Å². The summed E-state index contributed by atoms with van der Waals surface area (Å²) in [6.45, 7) is 0.187. The number of para-hydroxylation sites is 1. The van der Waals surface area contributed by atoms with Crippen molar-refractivity contribution in [2.75, 3.05) is 97.4 Å². The zero-order chi connectivity index (χ0) is 52.0. The van der Waals surface area contributed by atoms with Crippen LogP contribution < -0.4 is 20.5 Å². The maximum Gasteiger partial charge on any atom is 0.339 e.